The monoisotopic (exact) mass is 452 g/mol. The number of aryl methyl sites for hydroxylation is 1. The Morgan fingerprint density at radius 1 is 1.00 bits per heavy atom. The summed E-state index contributed by atoms with van der Waals surface area (Å²) >= 11 is 6.14. The minimum Gasteiger partial charge on any atom is -0.356 e. The number of fused-ring (bicyclic) bond motifs is 1. The van der Waals surface area contributed by atoms with Crippen molar-refractivity contribution < 1.29 is 9.59 Å². The van der Waals surface area contributed by atoms with Crippen LogP contribution in [0.5, 0.6) is 0 Å². The van der Waals surface area contributed by atoms with E-state index in [0.29, 0.717) is 24.5 Å². The van der Waals surface area contributed by atoms with Gasteiger partial charge in [-0.05, 0) is 49.4 Å². The molecule has 32 heavy (non-hydrogen) atoms. The van der Waals surface area contributed by atoms with Crippen molar-refractivity contribution in [3.05, 3.63) is 64.9 Å². The Morgan fingerprint density at radius 3 is 2.56 bits per heavy atom. The molecule has 0 aliphatic carbocycles. The molecule has 4 rings (SSSR count). The number of hydrogen-bond acceptors (Lipinski definition) is 3. The predicted molar refractivity (Wildman–Crippen MR) is 127 cm³/mol. The number of amides is 2. The van der Waals surface area contributed by atoms with Crippen LogP contribution in [0.15, 0.2) is 48.5 Å². The third kappa shape index (κ3) is 5.49. The molecule has 0 radical (unpaired) electrons. The summed E-state index contributed by atoms with van der Waals surface area (Å²) < 4.78 is 2.04. The second-order valence-corrected chi connectivity index (χ2v) is 8.67. The summed E-state index contributed by atoms with van der Waals surface area (Å²) in [6.07, 6.45) is 5.06. The van der Waals surface area contributed by atoms with Crippen LogP contribution in [0.4, 0.5) is 0 Å². The second kappa shape index (κ2) is 10.6. The number of imidazole rings is 1. The van der Waals surface area contributed by atoms with Crippen molar-refractivity contribution in [2.45, 2.75) is 45.1 Å². The summed E-state index contributed by atoms with van der Waals surface area (Å²) in [7, 11) is 0. The van der Waals surface area contributed by atoms with E-state index in [2.05, 4.69) is 5.32 Å². The van der Waals surface area contributed by atoms with Gasteiger partial charge in [-0.25, -0.2) is 4.98 Å². The van der Waals surface area contributed by atoms with Crippen LogP contribution >= 0.6 is 11.6 Å². The first kappa shape index (κ1) is 22.3. The van der Waals surface area contributed by atoms with Crippen molar-refractivity contribution in [1.29, 1.82) is 0 Å². The van der Waals surface area contributed by atoms with Crippen LogP contribution in [0, 0.1) is 0 Å². The first-order valence-corrected chi connectivity index (χ1v) is 11.7. The molecule has 0 atom stereocenters. The van der Waals surface area contributed by atoms with Crippen molar-refractivity contribution in [2.24, 2.45) is 0 Å². The zero-order valence-electron chi connectivity index (χ0n) is 18.2. The fourth-order valence-electron chi connectivity index (χ4n) is 4.22. The Morgan fingerprint density at radius 2 is 1.75 bits per heavy atom. The third-order valence-corrected chi connectivity index (χ3v) is 6.31. The van der Waals surface area contributed by atoms with Gasteiger partial charge in [0.1, 0.15) is 12.4 Å². The van der Waals surface area contributed by atoms with Gasteiger partial charge < -0.3 is 14.8 Å². The number of carbonyl (C=O) groups is 2. The molecule has 3 aromatic rings. The fourth-order valence-corrected chi connectivity index (χ4v) is 4.43. The Balaban J connectivity index is 1.36. The predicted octanol–water partition coefficient (Wildman–Crippen LogP) is 3.99. The van der Waals surface area contributed by atoms with Crippen LogP contribution in [0.3, 0.4) is 0 Å². The van der Waals surface area contributed by atoms with Gasteiger partial charge in [-0.1, -0.05) is 41.9 Å². The zero-order valence-corrected chi connectivity index (χ0v) is 19.0. The maximum absolute atomic E-state index is 12.9. The lowest BCUT2D eigenvalue weighted by Gasteiger charge is -2.27. The number of piperidine rings is 1. The minimum absolute atomic E-state index is 0.0492. The number of halogens is 1. The smallest absolute Gasteiger partial charge is 0.242 e. The van der Waals surface area contributed by atoms with E-state index in [4.69, 9.17) is 16.6 Å². The first-order valence-electron chi connectivity index (χ1n) is 11.3. The molecule has 2 aromatic carbocycles. The van der Waals surface area contributed by atoms with E-state index < -0.39 is 0 Å². The van der Waals surface area contributed by atoms with E-state index in [1.165, 1.54) is 6.42 Å². The van der Waals surface area contributed by atoms with Crippen molar-refractivity contribution >= 4 is 34.4 Å². The maximum Gasteiger partial charge on any atom is 0.242 e. The van der Waals surface area contributed by atoms with Gasteiger partial charge >= 0.3 is 0 Å². The lowest BCUT2D eigenvalue weighted by Crippen LogP contribution is -2.38. The molecule has 1 N–H and O–H groups in total. The van der Waals surface area contributed by atoms with E-state index in [9.17, 15) is 9.59 Å². The Hall–Kier alpha value is -2.86. The van der Waals surface area contributed by atoms with Crippen LogP contribution in [0.25, 0.3) is 11.0 Å². The summed E-state index contributed by atoms with van der Waals surface area (Å²) in [6, 6.07) is 15.3. The lowest BCUT2D eigenvalue weighted by molar-refractivity contribution is -0.132. The highest BCUT2D eigenvalue weighted by atomic mass is 35.5. The van der Waals surface area contributed by atoms with E-state index in [1.807, 2.05) is 51.9 Å². The van der Waals surface area contributed by atoms with E-state index in [0.717, 1.165) is 54.8 Å². The van der Waals surface area contributed by atoms with Gasteiger partial charge in [0.15, 0.2) is 0 Å². The third-order valence-electron chi connectivity index (χ3n) is 5.94. The molecule has 7 heteroatoms. The van der Waals surface area contributed by atoms with Crippen LogP contribution in [0.1, 0.15) is 37.1 Å². The topological polar surface area (TPSA) is 67.2 Å². The summed E-state index contributed by atoms with van der Waals surface area (Å²) in [5.74, 6) is 0.992. The molecule has 2 amide bonds. The van der Waals surface area contributed by atoms with Gasteiger partial charge in [-0.15, -0.1) is 0 Å². The van der Waals surface area contributed by atoms with Crippen molar-refractivity contribution in [2.75, 3.05) is 19.6 Å². The molecule has 168 valence electrons. The number of nitrogens with zero attached hydrogens (tertiary/aromatic N) is 3. The number of carbonyl (C=O) groups excluding carboxylic acids is 2. The molecule has 0 bridgehead atoms. The van der Waals surface area contributed by atoms with E-state index in [-0.39, 0.29) is 18.2 Å². The maximum atomic E-state index is 12.9. The van der Waals surface area contributed by atoms with E-state index in [1.54, 1.807) is 6.07 Å². The molecular weight excluding hydrogens is 424 g/mol. The molecule has 1 fully saturated rings. The molecule has 6 nitrogen and oxygen atoms in total. The molecule has 1 aliphatic rings. The number of rotatable bonds is 8. The number of benzene rings is 2. The highest BCUT2D eigenvalue weighted by molar-refractivity contribution is 6.31. The lowest BCUT2D eigenvalue weighted by atomic mass is 10.1. The number of nitrogens with one attached hydrogen (secondary N) is 1. The quantitative estimate of drug-likeness (QED) is 0.525. The number of likely N-dealkylation sites (tertiary alicyclic amines) is 1. The summed E-state index contributed by atoms with van der Waals surface area (Å²) in [5.41, 5.74) is 2.71. The SMILES string of the molecule is O=C(Cc1ccccc1Cl)NCCCc1nc2ccccc2n1CC(=O)N1CCCCC1. The number of para-hydroxylation sites is 2. The first-order chi connectivity index (χ1) is 15.6. The van der Waals surface area contributed by atoms with Crippen molar-refractivity contribution in [3.63, 3.8) is 0 Å². The minimum atomic E-state index is -0.0492. The van der Waals surface area contributed by atoms with Crippen LogP contribution < -0.4 is 5.32 Å². The molecule has 2 heterocycles. The van der Waals surface area contributed by atoms with Gasteiger partial charge in [-0.3, -0.25) is 9.59 Å². The van der Waals surface area contributed by atoms with Crippen molar-refractivity contribution in [3.8, 4) is 0 Å². The van der Waals surface area contributed by atoms with Gasteiger partial charge in [0.25, 0.3) is 0 Å². The fraction of sp³-hybridized carbons (Fsp3) is 0.400. The van der Waals surface area contributed by atoms with Crippen LogP contribution in [0.2, 0.25) is 5.02 Å². The molecule has 0 spiro atoms. The van der Waals surface area contributed by atoms with E-state index >= 15 is 0 Å². The number of aromatic nitrogens is 2. The summed E-state index contributed by atoms with van der Waals surface area (Å²) in [4.78, 5) is 31.9. The normalized spacial score (nSPS) is 14.0. The van der Waals surface area contributed by atoms with Crippen molar-refractivity contribution in [1.82, 2.24) is 19.8 Å². The van der Waals surface area contributed by atoms with Gasteiger partial charge in [-0.2, -0.15) is 0 Å². The number of hydrogen-bond donors (Lipinski definition) is 1. The molecule has 1 saturated heterocycles. The van der Waals surface area contributed by atoms with Gasteiger partial charge in [0.2, 0.25) is 11.8 Å². The Kier molecular flexibility index (Phi) is 7.43. The van der Waals surface area contributed by atoms with Gasteiger partial charge in [0, 0.05) is 31.1 Å². The van der Waals surface area contributed by atoms with Crippen LogP contribution in [-0.4, -0.2) is 45.9 Å². The van der Waals surface area contributed by atoms with Gasteiger partial charge in [0.05, 0.1) is 17.5 Å². The molecule has 1 aliphatic heterocycles. The molecular formula is C25H29ClN4O2. The average molecular weight is 453 g/mol. The molecule has 1 aromatic heterocycles. The zero-order chi connectivity index (χ0) is 22.3. The Labute approximate surface area is 193 Å². The summed E-state index contributed by atoms with van der Waals surface area (Å²) in [6.45, 7) is 2.55. The highest BCUT2D eigenvalue weighted by Crippen LogP contribution is 2.19. The molecule has 0 unspecified atom stereocenters. The Bertz CT molecular complexity index is 1090. The second-order valence-electron chi connectivity index (χ2n) is 8.27. The van der Waals surface area contributed by atoms with Crippen LogP contribution in [-0.2, 0) is 29.0 Å². The average Bonchev–Trinajstić information content (AvgIpc) is 3.16. The summed E-state index contributed by atoms with van der Waals surface area (Å²) in [5, 5.41) is 3.57. The standard InChI is InChI=1S/C25H29ClN4O2/c26-20-10-3-2-9-19(20)17-24(31)27-14-8-13-23-28-21-11-4-5-12-22(21)30(23)18-25(32)29-15-6-1-7-16-29/h2-5,9-12H,1,6-8,13-18H2,(H,27,31). The highest BCUT2D eigenvalue weighted by Gasteiger charge is 2.19. The molecule has 0 saturated carbocycles. The largest absolute Gasteiger partial charge is 0.356 e.